The molecule has 2 aromatic carbocycles. The van der Waals surface area contributed by atoms with Gasteiger partial charge >= 0.3 is 12.3 Å². The summed E-state index contributed by atoms with van der Waals surface area (Å²) in [5, 5.41) is 0.446. The fourth-order valence-corrected chi connectivity index (χ4v) is 3.70. The molecule has 0 saturated carbocycles. The predicted molar refractivity (Wildman–Crippen MR) is 124 cm³/mol. The van der Waals surface area contributed by atoms with Crippen LogP contribution < -0.4 is 4.74 Å². The van der Waals surface area contributed by atoms with Gasteiger partial charge in [0.15, 0.2) is 0 Å². The summed E-state index contributed by atoms with van der Waals surface area (Å²) in [6.07, 6.45) is -5.39. The van der Waals surface area contributed by atoms with Gasteiger partial charge in [0, 0.05) is 24.2 Å². The molecule has 0 aliphatic rings. The van der Waals surface area contributed by atoms with Crippen molar-refractivity contribution in [1.29, 1.82) is 0 Å². The Hall–Kier alpha value is -2.93. The van der Waals surface area contributed by atoms with Crippen LogP contribution >= 0.6 is 11.6 Å². The highest BCUT2D eigenvalue weighted by molar-refractivity contribution is 6.30. The van der Waals surface area contributed by atoms with Crippen molar-refractivity contribution in [3.8, 4) is 17.0 Å². The first kappa shape index (κ1) is 24.7. The molecule has 33 heavy (non-hydrogen) atoms. The summed E-state index contributed by atoms with van der Waals surface area (Å²) in [6, 6.07) is 16.1. The molecule has 4 nitrogen and oxygen atoms in total. The van der Waals surface area contributed by atoms with Gasteiger partial charge in [-0.05, 0) is 34.7 Å². The lowest BCUT2D eigenvalue weighted by molar-refractivity contribution is -0.143. The molecule has 0 unspecified atom stereocenters. The van der Waals surface area contributed by atoms with Gasteiger partial charge < -0.3 is 14.2 Å². The average Bonchev–Trinajstić information content (AvgIpc) is 3.06. The van der Waals surface area contributed by atoms with E-state index < -0.39 is 18.0 Å². The van der Waals surface area contributed by atoms with Crippen molar-refractivity contribution in [3.63, 3.8) is 0 Å². The van der Waals surface area contributed by atoms with Gasteiger partial charge in [-0.25, -0.2) is 4.79 Å². The molecular formula is C25H26ClF3N2O2. The standard InChI is InChI=1S/C25H26ClF3N2O2/c1-24(2,3)16-30(4)23(32)33-22-20(18-10-12-19(26)13-11-18)14-21(25(27,28)29)31(22)15-17-8-6-5-7-9-17/h5-14H,15-16H2,1-4H3. The molecule has 176 valence electrons. The van der Waals surface area contributed by atoms with E-state index in [0.29, 0.717) is 22.7 Å². The highest BCUT2D eigenvalue weighted by atomic mass is 35.5. The smallest absolute Gasteiger partial charge is 0.392 e. The van der Waals surface area contributed by atoms with Crippen molar-refractivity contribution in [2.45, 2.75) is 33.5 Å². The highest BCUT2D eigenvalue weighted by Crippen LogP contribution is 2.41. The van der Waals surface area contributed by atoms with Crippen LogP contribution in [0.15, 0.2) is 60.7 Å². The largest absolute Gasteiger partial charge is 0.431 e. The van der Waals surface area contributed by atoms with E-state index in [-0.39, 0.29) is 23.4 Å². The summed E-state index contributed by atoms with van der Waals surface area (Å²) in [4.78, 5) is 14.2. The minimum atomic E-state index is -4.65. The molecule has 0 aliphatic carbocycles. The van der Waals surface area contributed by atoms with Crippen LogP contribution in [0.25, 0.3) is 11.1 Å². The fraction of sp³-hybridized carbons (Fsp3) is 0.320. The van der Waals surface area contributed by atoms with E-state index in [4.69, 9.17) is 16.3 Å². The minimum Gasteiger partial charge on any atom is -0.392 e. The third-order valence-corrected chi connectivity index (χ3v) is 5.14. The predicted octanol–water partition coefficient (Wildman–Crippen LogP) is 7.35. The second-order valence-electron chi connectivity index (χ2n) is 9.11. The number of rotatable bonds is 5. The van der Waals surface area contributed by atoms with Crippen LogP contribution in [-0.2, 0) is 12.7 Å². The van der Waals surface area contributed by atoms with Crippen LogP contribution in [0.3, 0.4) is 0 Å². The number of ether oxygens (including phenoxy) is 1. The number of hydrogen-bond acceptors (Lipinski definition) is 2. The van der Waals surface area contributed by atoms with Crippen molar-refractivity contribution in [3.05, 3.63) is 76.9 Å². The van der Waals surface area contributed by atoms with E-state index in [0.717, 1.165) is 10.6 Å². The third kappa shape index (κ3) is 6.32. The maximum absolute atomic E-state index is 14.0. The number of halogens is 4. The van der Waals surface area contributed by atoms with Crippen LogP contribution in [0.1, 0.15) is 32.0 Å². The molecule has 0 radical (unpaired) electrons. The van der Waals surface area contributed by atoms with E-state index in [1.54, 1.807) is 61.6 Å². The molecule has 0 fully saturated rings. The molecule has 8 heteroatoms. The zero-order valence-electron chi connectivity index (χ0n) is 18.9. The van der Waals surface area contributed by atoms with E-state index in [1.165, 1.54) is 4.90 Å². The topological polar surface area (TPSA) is 34.5 Å². The first-order valence-electron chi connectivity index (χ1n) is 10.4. The van der Waals surface area contributed by atoms with Crippen molar-refractivity contribution < 1.29 is 22.7 Å². The molecule has 1 aromatic heterocycles. The fourth-order valence-electron chi connectivity index (χ4n) is 3.57. The van der Waals surface area contributed by atoms with Gasteiger partial charge in [-0.2, -0.15) is 13.2 Å². The molecule has 1 heterocycles. The number of nitrogens with zero attached hydrogens (tertiary/aromatic N) is 2. The average molecular weight is 479 g/mol. The molecule has 0 bridgehead atoms. The quantitative estimate of drug-likeness (QED) is 0.384. The summed E-state index contributed by atoms with van der Waals surface area (Å²) < 4.78 is 48.8. The maximum atomic E-state index is 14.0. The molecule has 3 aromatic rings. The highest BCUT2D eigenvalue weighted by Gasteiger charge is 2.38. The SMILES string of the molecule is CN(CC(C)(C)C)C(=O)Oc1c(-c2ccc(Cl)cc2)cc(C(F)(F)F)n1Cc1ccccc1. The number of alkyl halides is 3. The summed E-state index contributed by atoms with van der Waals surface area (Å²) in [5.74, 6) is -0.167. The molecule has 3 rings (SSSR count). The normalized spacial score (nSPS) is 12.0. The number of benzene rings is 2. The second kappa shape index (κ2) is 9.51. The molecular weight excluding hydrogens is 453 g/mol. The zero-order chi connectivity index (χ0) is 24.4. The Morgan fingerprint density at radius 3 is 2.18 bits per heavy atom. The van der Waals surface area contributed by atoms with Gasteiger partial charge in [0.2, 0.25) is 5.88 Å². The maximum Gasteiger partial charge on any atom is 0.431 e. The number of amides is 1. The molecule has 0 atom stereocenters. The number of carbonyl (C=O) groups excluding carboxylic acids is 1. The van der Waals surface area contributed by atoms with Crippen molar-refractivity contribution >= 4 is 17.7 Å². The monoisotopic (exact) mass is 478 g/mol. The van der Waals surface area contributed by atoms with Gasteiger partial charge in [-0.15, -0.1) is 0 Å². The van der Waals surface area contributed by atoms with Crippen LogP contribution in [0.2, 0.25) is 5.02 Å². The van der Waals surface area contributed by atoms with E-state index in [9.17, 15) is 18.0 Å². The Balaban J connectivity index is 2.14. The van der Waals surface area contributed by atoms with Crippen LogP contribution in [-0.4, -0.2) is 29.2 Å². The number of carbonyl (C=O) groups is 1. The van der Waals surface area contributed by atoms with Crippen molar-refractivity contribution in [1.82, 2.24) is 9.47 Å². The van der Waals surface area contributed by atoms with Gasteiger partial charge in [0.25, 0.3) is 0 Å². The van der Waals surface area contributed by atoms with Gasteiger partial charge in [0.05, 0.1) is 6.54 Å². The Labute approximate surface area is 196 Å². The third-order valence-electron chi connectivity index (χ3n) is 4.88. The van der Waals surface area contributed by atoms with E-state index in [2.05, 4.69) is 0 Å². The van der Waals surface area contributed by atoms with E-state index in [1.807, 2.05) is 20.8 Å². The van der Waals surface area contributed by atoms with Crippen LogP contribution in [0, 0.1) is 5.41 Å². The summed E-state index contributed by atoms with van der Waals surface area (Å²) in [5.41, 5.74) is 0.139. The molecule has 0 N–H and O–H groups in total. The summed E-state index contributed by atoms with van der Waals surface area (Å²) >= 11 is 5.97. The zero-order valence-corrected chi connectivity index (χ0v) is 19.7. The van der Waals surface area contributed by atoms with Gasteiger partial charge in [-0.1, -0.05) is 74.8 Å². The lowest BCUT2D eigenvalue weighted by Crippen LogP contribution is -2.36. The minimum absolute atomic E-state index is 0.116. The Morgan fingerprint density at radius 2 is 1.64 bits per heavy atom. The number of hydrogen-bond donors (Lipinski definition) is 0. The lowest BCUT2D eigenvalue weighted by atomic mass is 9.96. The Morgan fingerprint density at radius 1 is 1.03 bits per heavy atom. The molecule has 1 amide bonds. The molecule has 0 saturated heterocycles. The lowest BCUT2D eigenvalue weighted by Gasteiger charge is -2.26. The van der Waals surface area contributed by atoms with Crippen molar-refractivity contribution in [2.24, 2.45) is 5.41 Å². The molecule has 0 spiro atoms. The van der Waals surface area contributed by atoms with Crippen LogP contribution in [0.5, 0.6) is 5.88 Å². The van der Waals surface area contributed by atoms with Gasteiger partial charge in [-0.3, -0.25) is 0 Å². The Bertz CT molecular complexity index is 1100. The summed E-state index contributed by atoms with van der Waals surface area (Å²) in [7, 11) is 1.56. The summed E-state index contributed by atoms with van der Waals surface area (Å²) in [6.45, 7) is 6.11. The second-order valence-corrected chi connectivity index (χ2v) is 9.55. The van der Waals surface area contributed by atoms with E-state index >= 15 is 0 Å². The van der Waals surface area contributed by atoms with Crippen LogP contribution in [0.4, 0.5) is 18.0 Å². The number of aromatic nitrogens is 1. The van der Waals surface area contributed by atoms with Gasteiger partial charge in [0.1, 0.15) is 5.69 Å². The first-order valence-corrected chi connectivity index (χ1v) is 10.8. The Kier molecular flexibility index (Phi) is 7.12. The molecule has 0 aliphatic heterocycles. The van der Waals surface area contributed by atoms with Crippen molar-refractivity contribution in [2.75, 3.05) is 13.6 Å². The first-order chi connectivity index (χ1) is 15.3.